The highest BCUT2D eigenvalue weighted by atomic mass is 35.5. The minimum Gasteiger partial charge on any atom is -0.403 e. The van der Waals surface area contributed by atoms with Gasteiger partial charge in [0.2, 0.25) is 5.95 Å². The maximum absolute atomic E-state index is 12.4. The number of rotatable bonds is 7. The zero-order valence-electron chi connectivity index (χ0n) is 15.7. The van der Waals surface area contributed by atoms with Crippen molar-refractivity contribution in [3.05, 3.63) is 39.6 Å². The molecule has 1 fully saturated rings. The number of anilines is 3. The Morgan fingerprint density at radius 1 is 1.40 bits per heavy atom. The van der Waals surface area contributed by atoms with Gasteiger partial charge in [-0.05, 0) is 24.5 Å². The van der Waals surface area contributed by atoms with Crippen molar-refractivity contribution < 1.29 is 23.6 Å². The van der Waals surface area contributed by atoms with Crippen LogP contribution < -0.4 is 26.0 Å². The second-order valence-corrected chi connectivity index (χ2v) is 8.94. The number of nitrogens with two attached hydrogens (primary N) is 1. The highest BCUT2D eigenvalue weighted by molar-refractivity contribution is 7.47. The van der Waals surface area contributed by atoms with Crippen LogP contribution in [-0.4, -0.2) is 45.9 Å². The zero-order valence-corrected chi connectivity index (χ0v) is 17.3. The topological polar surface area (TPSA) is 163 Å². The smallest absolute Gasteiger partial charge is 0.403 e. The van der Waals surface area contributed by atoms with Crippen molar-refractivity contribution in [3.63, 3.8) is 0 Å². The molecule has 1 aromatic heterocycles. The molecule has 0 spiro atoms. The summed E-state index contributed by atoms with van der Waals surface area (Å²) in [5.74, 6) is -0.00190. The summed E-state index contributed by atoms with van der Waals surface area (Å²) in [6, 6.07) is 6.08. The number of nitrogens with zero attached hydrogens (tertiary/aromatic N) is 2. The number of aromatic amines is 1. The van der Waals surface area contributed by atoms with E-state index in [1.807, 2.05) is 4.90 Å². The van der Waals surface area contributed by atoms with Crippen LogP contribution in [0.1, 0.15) is 6.42 Å². The predicted octanol–water partition coefficient (Wildman–Crippen LogP) is 1.39. The number of aliphatic hydroxyl groups excluding tert-OH is 1. The number of hydrogen-bond acceptors (Lipinski definition) is 9. The summed E-state index contributed by atoms with van der Waals surface area (Å²) in [5, 5.41) is 12.8. The first-order valence-electron chi connectivity index (χ1n) is 9.21. The van der Waals surface area contributed by atoms with Crippen molar-refractivity contribution in [2.45, 2.75) is 12.5 Å². The molecule has 13 heteroatoms. The average Bonchev–Trinajstić information content (AvgIpc) is 3.07. The molecular weight excluding hydrogens is 437 g/mol. The van der Waals surface area contributed by atoms with Gasteiger partial charge in [-0.1, -0.05) is 23.7 Å². The molecule has 1 aliphatic carbocycles. The molecule has 4 unspecified atom stereocenters. The van der Waals surface area contributed by atoms with Crippen molar-refractivity contribution in [1.82, 2.24) is 9.97 Å². The second-order valence-electron chi connectivity index (χ2n) is 7.15. The summed E-state index contributed by atoms with van der Waals surface area (Å²) >= 11 is 5.96. The maximum Gasteiger partial charge on any atom is 0.527 e. The lowest BCUT2D eigenvalue weighted by Crippen LogP contribution is -2.55. The first-order valence-corrected chi connectivity index (χ1v) is 11.1. The van der Waals surface area contributed by atoms with E-state index in [1.165, 1.54) is 12.1 Å². The van der Waals surface area contributed by atoms with Crippen LogP contribution >= 0.6 is 19.4 Å². The van der Waals surface area contributed by atoms with E-state index in [-0.39, 0.29) is 53.4 Å². The lowest BCUT2D eigenvalue weighted by atomic mass is 9.69. The van der Waals surface area contributed by atoms with E-state index in [9.17, 15) is 19.4 Å². The van der Waals surface area contributed by atoms with Crippen LogP contribution in [0.4, 0.5) is 17.5 Å². The van der Waals surface area contributed by atoms with E-state index >= 15 is 0 Å². The monoisotopic (exact) mass is 457 g/mol. The van der Waals surface area contributed by atoms with Crippen LogP contribution in [0.2, 0.25) is 5.02 Å². The Hall–Kier alpha value is -2.30. The Kier molecular flexibility index (Phi) is 5.65. The number of halogens is 1. The Labute approximate surface area is 176 Å². The Balaban J connectivity index is 1.47. The minimum atomic E-state index is -4.44. The number of benzene rings is 1. The molecular formula is C17H21ClN5O6P. The van der Waals surface area contributed by atoms with Crippen molar-refractivity contribution >= 4 is 36.9 Å². The third kappa shape index (κ3) is 3.99. The third-order valence-electron chi connectivity index (χ3n) is 5.38. The number of phosphoric ester groups is 1. The van der Waals surface area contributed by atoms with Gasteiger partial charge < -0.3 is 25.6 Å². The van der Waals surface area contributed by atoms with Crippen molar-refractivity contribution in [1.29, 1.82) is 0 Å². The predicted molar refractivity (Wildman–Crippen MR) is 111 cm³/mol. The van der Waals surface area contributed by atoms with Crippen LogP contribution in [0.15, 0.2) is 29.1 Å². The van der Waals surface area contributed by atoms with Gasteiger partial charge in [0.15, 0.2) is 5.82 Å². The largest absolute Gasteiger partial charge is 0.527 e. The zero-order chi connectivity index (χ0) is 21.5. The van der Waals surface area contributed by atoms with Gasteiger partial charge in [-0.25, -0.2) is 4.57 Å². The molecule has 30 heavy (non-hydrogen) atoms. The number of aromatic nitrogens is 2. The molecule has 0 saturated heterocycles. The number of para-hydroxylation sites is 1. The fraction of sp³-hybridized carbons (Fsp3) is 0.412. The lowest BCUT2D eigenvalue weighted by molar-refractivity contribution is 0.0217. The summed E-state index contributed by atoms with van der Waals surface area (Å²) in [6.45, 7) is 0.0738. The standard InChI is InChI=1S/C17H21ClN5O6P/c18-11-3-1-2-4-13(11)29-30(26,27)28-7-10-9(6-24)5-12(10)23-8-20-14-15(23)21-17(19)22-16(14)25/h1-4,9-10,12,20,24H,5-8H2,(H,26,27)(H3,19,21,22,25). The normalized spacial score (nSPS) is 24.5. The number of fused-ring (bicyclic) bond motifs is 1. The molecule has 0 bridgehead atoms. The molecule has 6 N–H and O–H groups in total. The van der Waals surface area contributed by atoms with Gasteiger partial charge in [-0.2, -0.15) is 4.98 Å². The summed E-state index contributed by atoms with van der Waals surface area (Å²) in [4.78, 5) is 30.6. The van der Waals surface area contributed by atoms with Gasteiger partial charge in [-0.15, -0.1) is 0 Å². The van der Waals surface area contributed by atoms with Gasteiger partial charge in [0.25, 0.3) is 5.56 Å². The van der Waals surface area contributed by atoms with Crippen LogP contribution in [0.3, 0.4) is 0 Å². The highest BCUT2D eigenvalue weighted by Gasteiger charge is 2.47. The lowest BCUT2D eigenvalue weighted by Gasteiger charge is -2.48. The van der Waals surface area contributed by atoms with Gasteiger partial charge in [0.1, 0.15) is 11.4 Å². The average molecular weight is 458 g/mol. The molecule has 2 aromatic rings. The molecule has 4 atom stereocenters. The Morgan fingerprint density at radius 2 is 2.17 bits per heavy atom. The first kappa shape index (κ1) is 21.0. The molecule has 0 radical (unpaired) electrons. The summed E-state index contributed by atoms with van der Waals surface area (Å²) in [5.41, 5.74) is 5.60. The van der Waals surface area contributed by atoms with Gasteiger partial charge in [0, 0.05) is 18.6 Å². The van der Waals surface area contributed by atoms with Gasteiger partial charge >= 0.3 is 7.82 Å². The summed E-state index contributed by atoms with van der Waals surface area (Å²) < 4.78 is 22.7. The Bertz CT molecular complexity index is 1050. The number of H-pyrrole nitrogens is 1. The van der Waals surface area contributed by atoms with E-state index in [0.29, 0.717) is 24.6 Å². The quantitative estimate of drug-likeness (QED) is 0.384. The van der Waals surface area contributed by atoms with Gasteiger partial charge in [0.05, 0.1) is 18.3 Å². The first-order chi connectivity index (χ1) is 14.3. The molecule has 1 aromatic carbocycles. The molecule has 162 valence electrons. The second kappa shape index (κ2) is 8.09. The van der Waals surface area contributed by atoms with Crippen LogP contribution in [0, 0.1) is 11.8 Å². The Morgan fingerprint density at radius 3 is 2.90 bits per heavy atom. The number of nitrogens with one attached hydrogen (secondary N) is 2. The number of nitrogen functional groups attached to an aromatic ring is 1. The summed E-state index contributed by atoms with van der Waals surface area (Å²) in [6.07, 6.45) is 0.598. The van der Waals surface area contributed by atoms with E-state index in [1.54, 1.807) is 12.1 Å². The van der Waals surface area contributed by atoms with Crippen LogP contribution in [0.25, 0.3) is 0 Å². The molecule has 1 aliphatic heterocycles. The fourth-order valence-electron chi connectivity index (χ4n) is 3.80. The van der Waals surface area contributed by atoms with Gasteiger partial charge in [-0.3, -0.25) is 19.2 Å². The van der Waals surface area contributed by atoms with E-state index in [0.717, 1.165) is 0 Å². The SMILES string of the molecule is Nc1nc2c(c(=O)[nH]1)NCN2C1CC(CO)C1COP(=O)(O)Oc1ccccc1Cl. The number of phosphoric acid groups is 1. The molecule has 11 nitrogen and oxygen atoms in total. The molecule has 2 heterocycles. The third-order valence-corrected chi connectivity index (χ3v) is 6.59. The van der Waals surface area contributed by atoms with E-state index in [2.05, 4.69) is 15.3 Å². The summed E-state index contributed by atoms with van der Waals surface area (Å²) in [7, 11) is -4.44. The number of aliphatic hydroxyl groups is 1. The molecule has 0 amide bonds. The minimum absolute atomic E-state index is 0.00807. The van der Waals surface area contributed by atoms with Crippen molar-refractivity contribution in [3.8, 4) is 5.75 Å². The molecule has 2 aliphatic rings. The molecule has 4 rings (SSSR count). The van der Waals surface area contributed by atoms with Crippen molar-refractivity contribution in [2.75, 3.05) is 35.8 Å². The van der Waals surface area contributed by atoms with E-state index in [4.69, 9.17) is 26.4 Å². The van der Waals surface area contributed by atoms with E-state index < -0.39 is 7.82 Å². The maximum atomic E-state index is 12.4. The fourth-order valence-corrected chi connectivity index (χ4v) is 4.85. The number of hydrogen-bond donors (Lipinski definition) is 5. The highest BCUT2D eigenvalue weighted by Crippen LogP contribution is 2.49. The van der Waals surface area contributed by atoms with Crippen LogP contribution in [0.5, 0.6) is 5.75 Å². The van der Waals surface area contributed by atoms with Crippen LogP contribution in [-0.2, 0) is 9.09 Å². The molecule has 1 saturated carbocycles. The van der Waals surface area contributed by atoms with Crippen molar-refractivity contribution in [2.24, 2.45) is 11.8 Å².